The summed E-state index contributed by atoms with van der Waals surface area (Å²) >= 11 is 1.46. The predicted molar refractivity (Wildman–Crippen MR) is 94.8 cm³/mol. The van der Waals surface area contributed by atoms with Crippen molar-refractivity contribution < 1.29 is 4.79 Å². The Hall–Kier alpha value is -2.67. The number of hydrogen-bond donors (Lipinski definition) is 1. The van der Waals surface area contributed by atoms with Crippen molar-refractivity contribution >= 4 is 23.4 Å². The molecule has 0 fully saturated rings. The molecule has 0 saturated heterocycles. The van der Waals surface area contributed by atoms with Crippen LogP contribution in [0.5, 0.6) is 0 Å². The Morgan fingerprint density at radius 2 is 1.83 bits per heavy atom. The maximum absolute atomic E-state index is 12.4. The summed E-state index contributed by atoms with van der Waals surface area (Å²) in [6.07, 6.45) is 1.91. The van der Waals surface area contributed by atoms with Crippen LogP contribution in [0.1, 0.15) is 21.5 Å². The summed E-state index contributed by atoms with van der Waals surface area (Å²) in [6.45, 7) is 4.07. The average Bonchev–Trinajstić information content (AvgIpc) is 3.07. The van der Waals surface area contributed by atoms with Crippen LogP contribution in [0.2, 0.25) is 0 Å². The standard InChI is InChI=1S/C17H17N5OS/c1-11-4-7-14(10-12(11)2)18-16(23)13-5-8-15(9-6-13)22-17(24-3)19-20-21-22/h4-10H,1-3H3,(H,18,23). The lowest BCUT2D eigenvalue weighted by Crippen LogP contribution is -2.12. The third-order valence-electron chi connectivity index (χ3n) is 3.76. The smallest absolute Gasteiger partial charge is 0.255 e. The average molecular weight is 339 g/mol. The minimum Gasteiger partial charge on any atom is -0.322 e. The van der Waals surface area contributed by atoms with Gasteiger partial charge in [0, 0.05) is 11.3 Å². The van der Waals surface area contributed by atoms with E-state index >= 15 is 0 Å². The number of nitrogens with one attached hydrogen (secondary N) is 1. The Kier molecular flexibility index (Phi) is 4.61. The van der Waals surface area contributed by atoms with Crippen molar-refractivity contribution in [2.45, 2.75) is 19.0 Å². The van der Waals surface area contributed by atoms with E-state index in [-0.39, 0.29) is 5.91 Å². The number of benzene rings is 2. The van der Waals surface area contributed by atoms with Crippen LogP contribution in [0, 0.1) is 13.8 Å². The summed E-state index contributed by atoms with van der Waals surface area (Å²) in [5.74, 6) is -0.147. The molecule has 0 atom stereocenters. The highest BCUT2D eigenvalue weighted by Gasteiger charge is 2.10. The minimum atomic E-state index is -0.147. The minimum absolute atomic E-state index is 0.147. The SMILES string of the molecule is CSc1nnnn1-c1ccc(C(=O)Nc2ccc(C)c(C)c2)cc1. The van der Waals surface area contributed by atoms with Gasteiger partial charge in [-0.25, -0.2) is 0 Å². The molecule has 7 heteroatoms. The van der Waals surface area contributed by atoms with E-state index in [2.05, 4.69) is 20.8 Å². The number of aromatic nitrogens is 4. The van der Waals surface area contributed by atoms with Gasteiger partial charge in [0.05, 0.1) is 5.69 Å². The number of tetrazole rings is 1. The predicted octanol–water partition coefficient (Wildman–Crippen LogP) is 3.25. The van der Waals surface area contributed by atoms with Crippen molar-refractivity contribution in [2.24, 2.45) is 0 Å². The van der Waals surface area contributed by atoms with Gasteiger partial charge in [-0.3, -0.25) is 4.79 Å². The second-order valence-corrected chi connectivity index (χ2v) is 6.15. The van der Waals surface area contributed by atoms with Gasteiger partial charge in [-0.15, -0.1) is 5.10 Å². The van der Waals surface area contributed by atoms with Gasteiger partial charge in [-0.1, -0.05) is 17.8 Å². The Bertz CT molecular complexity index is 873. The number of anilines is 1. The summed E-state index contributed by atoms with van der Waals surface area (Å²) < 4.78 is 1.63. The number of amides is 1. The van der Waals surface area contributed by atoms with Crippen LogP contribution in [0.3, 0.4) is 0 Å². The molecule has 3 aromatic rings. The zero-order valence-corrected chi connectivity index (χ0v) is 14.5. The van der Waals surface area contributed by atoms with Crippen LogP contribution in [-0.2, 0) is 0 Å². The first-order valence-electron chi connectivity index (χ1n) is 7.40. The van der Waals surface area contributed by atoms with Crippen LogP contribution >= 0.6 is 11.8 Å². The second-order valence-electron chi connectivity index (χ2n) is 5.38. The summed E-state index contributed by atoms with van der Waals surface area (Å²) in [5, 5.41) is 15.1. The maximum atomic E-state index is 12.4. The molecular weight excluding hydrogens is 322 g/mol. The van der Waals surface area contributed by atoms with Gasteiger partial charge in [-0.2, -0.15) is 4.68 Å². The maximum Gasteiger partial charge on any atom is 0.255 e. The molecule has 0 aliphatic heterocycles. The highest BCUT2D eigenvalue weighted by atomic mass is 32.2. The van der Waals surface area contributed by atoms with E-state index in [0.29, 0.717) is 10.7 Å². The molecule has 0 aliphatic carbocycles. The molecule has 122 valence electrons. The number of nitrogens with zero attached hydrogens (tertiary/aromatic N) is 4. The molecule has 0 radical (unpaired) electrons. The molecule has 1 amide bonds. The fourth-order valence-electron chi connectivity index (χ4n) is 2.24. The third kappa shape index (κ3) is 3.30. The van der Waals surface area contributed by atoms with Crippen molar-refractivity contribution in [3.05, 3.63) is 59.2 Å². The van der Waals surface area contributed by atoms with Crippen molar-refractivity contribution in [3.63, 3.8) is 0 Å². The number of rotatable bonds is 4. The zero-order chi connectivity index (χ0) is 17.1. The van der Waals surface area contributed by atoms with Gasteiger partial charge in [0.2, 0.25) is 5.16 Å². The Labute approximate surface area is 144 Å². The summed E-state index contributed by atoms with van der Waals surface area (Å²) in [5.41, 5.74) is 4.52. The van der Waals surface area contributed by atoms with E-state index in [4.69, 9.17) is 0 Å². The van der Waals surface area contributed by atoms with Gasteiger partial charge in [-0.05, 0) is 78.1 Å². The molecule has 0 saturated carbocycles. The van der Waals surface area contributed by atoms with E-state index < -0.39 is 0 Å². The molecule has 6 nitrogen and oxygen atoms in total. The van der Waals surface area contributed by atoms with Gasteiger partial charge in [0.1, 0.15) is 0 Å². The Balaban J connectivity index is 1.77. The van der Waals surface area contributed by atoms with Gasteiger partial charge >= 0.3 is 0 Å². The Morgan fingerprint density at radius 1 is 1.08 bits per heavy atom. The van der Waals surface area contributed by atoms with Crippen LogP contribution in [0.15, 0.2) is 47.6 Å². The van der Waals surface area contributed by atoms with Crippen LogP contribution in [-0.4, -0.2) is 32.4 Å². The van der Waals surface area contributed by atoms with E-state index in [1.165, 1.54) is 17.3 Å². The molecular formula is C17H17N5OS. The quantitative estimate of drug-likeness (QED) is 0.739. The fourth-order valence-corrected chi connectivity index (χ4v) is 2.68. The summed E-state index contributed by atoms with van der Waals surface area (Å²) in [4.78, 5) is 12.4. The van der Waals surface area contributed by atoms with E-state index in [0.717, 1.165) is 16.9 Å². The van der Waals surface area contributed by atoms with E-state index in [1.54, 1.807) is 16.8 Å². The number of carbonyl (C=O) groups excluding carboxylic acids is 1. The largest absolute Gasteiger partial charge is 0.322 e. The van der Waals surface area contributed by atoms with Crippen LogP contribution < -0.4 is 5.32 Å². The molecule has 1 heterocycles. The number of aryl methyl sites for hydroxylation is 2. The van der Waals surface area contributed by atoms with E-state index in [1.807, 2.05) is 50.4 Å². The molecule has 0 aliphatic rings. The van der Waals surface area contributed by atoms with Crippen molar-refractivity contribution in [2.75, 3.05) is 11.6 Å². The molecule has 1 N–H and O–H groups in total. The lowest BCUT2D eigenvalue weighted by molar-refractivity contribution is 0.102. The van der Waals surface area contributed by atoms with Crippen LogP contribution in [0.4, 0.5) is 5.69 Å². The highest BCUT2D eigenvalue weighted by molar-refractivity contribution is 7.98. The summed E-state index contributed by atoms with van der Waals surface area (Å²) in [7, 11) is 0. The first-order chi connectivity index (χ1) is 11.6. The van der Waals surface area contributed by atoms with Gasteiger partial charge in [0.25, 0.3) is 5.91 Å². The molecule has 3 rings (SSSR count). The highest BCUT2D eigenvalue weighted by Crippen LogP contribution is 2.18. The second kappa shape index (κ2) is 6.84. The van der Waals surface area contributed by atoms with Gasteiger partial charge < -0.3 is 5.32 Å². The number of carbonyl (C=O) groups is 1. The van der Waals surface area contributed by atoms with Crippen LogP contribution in [0.25, 0.3) is 5.69 Å². The normalized spacial score (nSPS) is 10.6. The van der Waals surface area contributed by atoms with E-state index in [9.17, 15) is 4.79 Å². The first kappa shape index (κ1) is 16.2. The topological polar surface area (TPSA) is 72.7 Å². The number of hydrogen-bond acceptors (Lipinski definition) is 5. The molecule has 2 aromatic carbocycles. The zero-order valence-electron chi connectivity index (χ0n) is 13.6. The molecule has 0 spiro atoms. The molecule has 0 unspecified atom stereocenters. The first-order valence-corrected chi connectivity index (χ1v) is 8.62. The van der Waals surface area contributed by atoms with Crippen molar-refractivity contribution in [1.29, 1.82) is 0 Å². The fraction of sp³-hybridized carbons (Fsp3) is 0.176. The summed E-state index contributed by atoms with van der Waals surface area (Å²) in [6, 6.07) is 13.0. The third-order valence-corrected chi connectivity index (χ3v) is 4.38. The molecule has 24 heavy (non-hydrogen) atoms. The number of thioether (sulfide) groups is 1. The van der Waals surface area contributed by atoms with Gasteiger partial charge in [0.15, 0.2) is 0 Å². The monoisotopic (exact) mass is 339 g/mol. The van der Waals surface area contributed by atoms with Crippen molar-refractivity contribution in [1.82, 2.24) is 20.2 Å². The molecule has 0 bridgehead atoms. The molecule has 1 aromatic heterocycles. The lowest BCUT2D eigenvalue weighted by Gasteiger charge is -2.08. The Morgan fingerprint density at radius 3 is 2.50 bits per heavy atom. The lowest BCUT2D eigenvalue weighted by atomic mass is 10.1. The van der Waals surface area contributed by atoms with Crippen molar-refractivity contribution in [3.8, 4) is 5.69 Å².